The van der Waals surface area contributed by atoms with Crippen LogP contribution in [0, 0.1) is 5.92 Å². The molecule has 2 saturated heterocycles. The summed E-state index contributed by atoms with van der Waals surface area (Å²) in [5.41, 5.74) is 0.979. The van der Waals surface area contributed by atoms with Gasteiger partial charge in [0.2, 0.25) is 5.91 Å². The molecule has 22 heavy (non-hydrogen) atoms. The van der Waals surface area contributed by atoms with Crippen LogP contribution < -0.4 is 0 Å². The molecule has 1 aliphatic carbocycles. The fourth-order valence-corrected chi connectivity index (χ4v) is 4.16. The molecule has 4 nitrogen and oxygen atoms in total. The van der Waals surface area contributed by atoms with E-state index in [-0.39, 0.29) is 17.6 Å². The predicted molar refractivity (Wildman–Crippen MR) is 85.0 cm³/mol. The van der Waals surface area contributed by atoms with E-state index in [1.807, 2.05) is 16.3 Å². The molecule has 2 unspecified atom stereocenters. The Morgan fingerprint density at radius 3 is 3.18 bits per heavy atom. The monoisotopic (exact) mass is 321 g/mol. The highest BCUT2D eigenvalue weighted by Gasteiger charge is 2.47. The first-order chi connectivity index (χ1) is 10.7. The molecule has 3 aliphatic rings. The maximum absolute atomic E-state index is 12.4. The van der Waals surface area contributed by atoms with E-state index in [4.69, 9.17) is 9.47 Å². The number of hydrogen-bond donors (Lipinski definition) is 0. The van der Waals surface area contributed by atoms with Crippen molar-refractivity contribution in [3.63, 3.8) is 0 Å². The van der Waals surface area contributed by atoms with Gasteiger partial charge in [0.05, 0.1) is 24.7 Å². The van der Waals surface area contributed by atoms with E-state index in [0.29, 0.717) is 13.0 Å². The van der Waals surface area contributed by atoms with Crippen LogP contribution in [0.5, 0.6) is 0 Å². The summed E-state index contributed by atoms with van der Waals surface area (Å²) in [5.74, 6) is 1.02. The molecule has 4 rings (SSSR count). The molecule has 2 aliphatic heterocycles. The summed E-state index contributed by atoms with van der Waals surface area (Å²) in [5, 5.41) is 4.08. The quantitative estimate of drug-likeness (QED) is 0.836. The number of thiophene rings is 1. The van der Waals surface area contributed by atoms with Gasteiger partial charge in [-0.1, -0.05) is 0 Å². The van der Waals surface area contributed by atoms with E-state index in [2.05, 4.69) is 5.38 Å². The molecule has 3 fully saturated rings. The molecule has 0 bridgehead atoms. The Kier molecular flexibility index (Phi) is 3.96. The molecule has 0 N–H and O–H groups in total. The van der Waals surface area contributed by atoms with Crippen LogP contribution in [0.15, 0.2) is 16.8 Å². The fourth-order valence-electron chi connectivity index (χ4n) is 3.49. The van der Waals surface area contributed by atoms with E-state index in [1.54, 1.807) is 11.3 Å². The van der Waals surface area contributed by atoms with E-state index in [9.17, 15) is 4.79 Å². The molecule has 2 atom stereocenters. The zero-order valence-corrected chi connectivity index (χ0v) is 13.6. The first-order valence-corrected chi connectivity index (χ1v) is 9.21. The van der Waals surface area contributed by atoms with Crippen LogP contribution in [0.4, 0.5) is 0 Å². The second-order valence-electron chi connectivity index (χ2n) is 6.97. The third kappa shape index (κ3) is 3.21. The van der Waals surface area contributed by atoms with Crippen molar-refractivity contribution in [2.24, 2.45) is 5.92 Å². The minimum atomic E-state index is -0.140. The summed E-state index contributed by atoms with van der Waals surface area (Å²) in [6.07, 6.45) is 5.29. The number of carbonyl (C=O) groups is 1. The van der Waals surface area contributed by atoms with Crippen LogP contribution in [-0.4, -0.2) is 48.8 Å². The van der Waals surface area contributed by atoms with E-state index >= 15 is 0 Å². The number of hydrogen-bond acceptors (Lipinski definition) is 4. The molecule has 1 amide bonds. The van der Waals surface area contributed by atoms with Crippen LogP contribution in [-0.2, 0) is 20.7 Å². The number of amides is 1. The summed E-state index contributed by atoms with van der Waals surface area (Å²) >= 11 is 1.64. The Labute approximate surface area is 135 Å². The molecule has 1 saturated carbocycles. The average molecular weight is 321 g/mol. The van der Waals surface area contributed by atoms with Gasteiger partial charge in [-0.25, -0.2) is 0 Å². The Balaban J connectivity index is 1.29. The zero-order valence-electron chi connectivity index (χ0n) is 12.8. The number of nitrogens with zero attached hydrogens (tertiary/aromatic N) is 1. The molecular formula is C17H23NO3S. The van der Waals surface area contributed by atoms with E-state index < -0.39 is 0 Å². The zero-order chi connectivity index (χ0) is 15.0. The summed E-state index contributed by atoms with van der Waals surface area (Å²) in [6, 6.07) is 2.03. The lowest BCUT2D eigenvalue weighted by Gasteiger charge is -2.23. The SMILES string of the molecule is O=C(Cc1ccsc1)N1CCC2(CC(OCC3CC3)CO2)C1. The smallest absolute Gasteiger partial charge is 0.227 e. The molecule has 1 spiro atoms. The lowest BCUT2D eigenvalue weighted by Crippen LogP contribution is -2.36. The lowest BCUT2D eigenvalue weighted by molar-refractivity contribution is -0.130. The Hall–Kier alpha value is -0.910. The fraction of sp³-hybridized carbons (Fsp3) is 0.706. The van der Waals surface area contributed by atoms with Crippen LogP contribution in [0.2, 0.25) is 0 Å². The van der Waals surface area contributed by atoms with Crippen molar-refractivity contribution in [3.05, 3.63) is 22.4 Å². The van der Waals surface area contributed by atoms with Crippen molar-refractivity contribution in [2.45, 2.75) is 43.8 Å². The highest BCUT2D eigenvalue weighted by Crippen LogP contribution is 2.37. The van der Waals surface area contributed by atoms with Crippen LogP contribution in [0.3, 0.4) is 0 Å². The van der Waals surface area contributed by atoms with Gasteiger partial charge in [0, 0.05) is 26.1 Å². The predicted octanol–water partition coefficient (Wildman–Crippen LogP) is 2.48. The van der Waals surface area contributed by atoms with Crippen molar-refractivity contribution in [2.75, 3.05) is 26.3 Å². The van der Waals surface area contributed by atoms with Gasteiger partial charge in [-0.15, -0.1) is 0 Å². The first-order valence-electron chi connectivity index (χ1n) is 8.27. The normalized spacial score (nSPS) is 31.3. The van der Waals surface area contributed by atoms with Gasteiger partial charge in [-0.2, -0.15) is 11.3 Å². The highest BCUT2D eigenvalue weighted by molar-refractivity contribution is 7.07. The van der Waals surface area contributed by atoms with Crippen molar-refractivity contribution in [1.82, 2.24) is 4.90 Å². The summed E-state index contributed by atoms with van der Waals surface area (Å²) < 4.78 is 12.0. The van der Waals surface area contributed by atoms with Crippen LogP contribution in [0.1, 0.15) is 31.2 Å². The van der Waals surface area contributed by atoms with Crippen LogP contribution in [0.25, 0.3) is 0 Å². The molecule has 1 aromatic rings. The Bertz CT molecular complexity index is 528. The van der Waals surface area contributed by atoms with Crippen LogP contribution >= 0.6 is 11.3 Å². The summed E-state index contributed by atoms with van der Waals surface area (Å²) in [6.45, 7) is 3.14. The van der Waals surface area contributed by atoms with Gasteiger partial charge >= 0.3 is 0 Å². The van der Waals surface area contributed by atoms with E-state index in [1.165, 1.54) is 12.8 Å². The second kappa shape index (κ2) is 5.95. The highest BCUT2D eigenvalue weighted by atomic mass is 32.1. The number of ether oxygens (including phenoxy) is 2. The minimum Gasteiger partial charge on any atom is -0.375 e. The molecule has 3 heterocycles. The third-order valence-electron chi connectivity index (χ3n) is 5.04. The minimum absolute atomic E-state index is 0.140. The Morgan fingerprint density at radius 1 is 1.50 bits per heavy atom. The molecule has 5 heteroatoms. The maximum Gasteiger partial charge on any atom is 0.227 e. The first kappa shape index (κ1) is 14.7. The van der Waals surface area contributed by atoms with Gasteiger partial charge < -0.3 is 14.4 Å². The summed E-state index contributed by atoms with van der Waals surface area (Å²) in [4.78, 5) is 14.4. The standard InChI is InChI=1S/C17H23NO3S/c19-16(7-14-3-6-22-11-14)18-5-4-17(12-18)8-15(10-21-17)20-9-13-1-2-13/h3,6,11,13,15H,1-2,4-5,7-10,12H2. The van der Waals surface area contributed by atoms with Crippen molar-refractivity contribution in [1.29, 1.82) is 0 Å². The molecule has 1 aromatic heterocycles. The molecule has 120 valence electrons. The number of carbonyl (C=O) groups excluding carboxylic acids is 1. The van der Waals surface area contributed by atoms with Gasteiger partial charge in [-0.05, 0) is 47.6 Å². The van der Waals surface area contributed by atoms with Crippen molar-refractivity contribution >= 4 is 17.2 Å². The van der Waals surface area contributed by atoms with Crippen molar-refractivity contribution in [3.8, 4) is 0 Å². The van der Waals surface area contributed by atoms with Crippen molar-refractivity contribution < 1.29 is 14.3 Å². The molecule has 0 aromatic carbocycles. The second-order valence-corrected chi connectivity index (χ2v) is 7.75. The maximum atomic E-state index is 12.4. The molecule has 0 radical (unpaired) electrons. The average Bonchev–Trinajstić information content (AvgIpc) is 2.93. The third-order valence-corrected chi connectivity index (χ3v) is 5.78. The van der Waals surface area contributed by atoms with Gasteiger partial charge in [-0.3, -0.25) is 4.79 Å². The van der Waals surface area contributed by atoms with Gasteiger partial charge in [0.1, 0.15) is 0 Å². The number of likely N-dealkylation sites (tertiary alicyclic amines) is 1. The lowest BCUT2D eigenvalue weighted by atomic mass is 9.98. The Morgan fingerprint density at radius 2 is 2.41 bits per heavy atom. The number of rotatable bonds is 5. The van der Waals surface area contributed by atoms with E-state index in [0.717, 1.165) is 44.0 Å². The molecular weight excluding hydrogens is 298 g/mol. The largest absolute Gasteiger partial charge is 0.375 e. The van der Waals surface area contributed by atoms with Gasteiger partial charge in [0.25, 0.3) is 0 Å². The van der Waals surface area contributed by atoms with Gasteiger partial charge in [0.15, 0.2) is 0 Å². The topological polar surface area (TPSA) is 38.8 Å². The summed E-state index contributed by atoms with van der Waals surface area (Å²) in [7, 11) is 0.